The van der Waals surface area contributed by atoms with E-state index in [1.807, 2.05) is 7.05 Å². The molecule has 3 rings (SSSR count). The largest absolute Gasteiger partial charge is 0.418 e. The first kappa shape index (κ1) is 14.2. The van der Waals surface area contributed by atoms with E-state index in [1.165, 1.54) is 16.7 Å². The summed E-state index contributed by atoms with van der Waals surface area (Å²) in [6.45, 7) is 1.55. The quantitative estimate of drug-likeness (QED) is 0.879. The van der Waals surface area contributed by atoms with E-state index in [9.17, 15) is 18.0 Å². The molecule has 7 heteroatoms. The van der Waals surface area contributed by atoms with Gasteiger partial charge < -0.3 is 9.88 Å². The molecule has 0 aliphatic carbocycles. The van der Waals surface area contributed by atoms with Crippen LogP contribution in [0.5, 0.6) is 0 Å². The van der Waals surface area contributed by atoms with E-state index in [4.69, 9.17) is 0 Å². The maximum absolute atomic E-state index is 13.2. The fraction of sp³-hybridized carbons (Fsp3) is 0.500. The number of piperidine rings is 1. The van der Waals surface area contributed by atoms with Gasteiger partial charge in [-0.05, 0) is 45.1 Å². The lowest BCUT2D eigenvalue weighted by molar-refractivity contribution is -0.136. The van der Waals surface area contributed by atoms with Gasteiger partial charge in [0.15, 0.2) is 0 Å². The van der Waals surface area contributed by atoms with Crippen LogP contribution in [-0.4, -0.2) is 34.6 Å². The molecule has 0 radical (unpaired) electrons. The van der Waals surface area contributed by atoms with Gasteiger partial charge in [-0.15, -0.1) is 0 Å². The van der Waals surface area contributed by atoms with Crippen LogP contribution in [0.15, 0.2) is 23.0 Å². The molecule has 0 saturated carbocycles. The van der Waals surface area contributed by atoms with E-state index in [-0.39, 0.29) is 17.1 Å². The van der Waals surface area contributed by atoms with E-state index >= 15 is 0 Å². The van der Waals surface area contributed by atoms with Crippen LogP contribution in [-0.2, 0) is 6.18 Å². The van der Waals surface area contributed by atoms with Crippen molar-refractivity contribution in [2.45, 2.75) is 25.1 Å². The van der Waals surface area contributed by atoms with Crippen LogP contribution in [0.25, 0.3) is 11.0 Å². The molecule has 1 aromatic heterocycles. The number of hydrogen-bond acceptors (Lipinski definition) is 2. The number of fused-ring (bicyclic) bond motifs is 1. The summed E-state index contributed by atoms with van der Waals surface area (Å²) in [6, 6.07) is 3.67. The molecule has 0 unspecified atom stereocenters. The highest BCUT2D eigenvalue weighted by Gasteiger charge is 2.35. The van der Waals surface area contributed by atoms with E-state index in [0.29, 0.717) is 12.8 Å². The minimum Gasteiger partial charge on any atom is -0.306 e. The Labute approximate surface area is 119 Å². The molecule has 0 amide bonds. The molecular formula is C14H16F3N3O. The second-order valence-electron chi connectivity index (χ2n) is 5.53. The summed E-state index contributed by atoms with van der Waals surface area (Å²) in [7, 11) is 1.97. The van der Waals surface area contributed by atoms with Crippen molar-refractivity contribution in [3.63, 3.8) is 0 Å². The highest BCUT2D eigenvalue weighted by atomic mass is 19.4. The number of para-hydroxylation sites is 1. The molecule has 0 spiro atoms. The predicted molar refractivity (Wildman–Crippen MR) is 73.3 cm³/mol. The van der Waals surface area contributed by atoms with Crippen LogP contribution in [0, 0.1) is 0 Å². The minimum atomic E-state index is -4.47. The Morgan fingerprint density at radius 1 is 1.24 bits per heavy atom. The molecule has 1 aliphatic heterocycles. The fourth-order valence-electron chi connectivity index (χ4n) is 3.01. The van der Waals surface area contributed by atoms with E-state index in [1.54, 1.807) is 0 Å². The number of rotatable bonds is 1. The summed E-state index contributed by atoms with van der Waals surface area (Å²) < 4.78 is 40.9. The van der Waals surface area contributed by atoms with Crippen LogP contribution < -0.4 is 5.69 Å². The van der Waals surface area contributed by atoms with Crippen molar-refractivity contribution >= 4 is 11.0 Å². The van der Waals surface area contributed by atoms with Crippen LogP contribution in [0.1, 0.15) is 24.4 Å². The highest BCUT2D eigenvalue weighted by Crippen LogP contribution is 2.35. The first-order valence-corrected chi connectivity index (χ1v) is 6.87. The second-order valence-corrected chi connectivity index (χ2v) is 5.53. The van der Waals surface area contributed by atoms with Crippen molar-refractivity contribution in [2.24, 2.45) is 0 Å². The Kier molecular flexibility index (Phi) is 3.32. The Hall–Kier alpha value is -1.76. The number of benzene rings is 1. The minimum absolute atomic E-state index is 0.0236. The highest BCUT2D eigenvalue weighted by molar-refractivity contribution is 5.79. The Morgan fingerprint density at radius 3 is 2.52 bits per heavy atom. The first-order valence-electron chi connectivity index (χ1n) is 6.87. The summed E-state index contributed by atoms with van der Waals surface area (Å²) >= 11 is 0. The Balaban J connectivity index is 2.18. The van der Waals surface area contributed by atoms with E-state index in [2.05, 4.69) is 9.88 Å². The molecule has 2 heterocycles. The van der Waals surface area contributed by atoms with Gasteiger partial charge in [-0.2, -0.15) is 13.2 Å². The van der Waals surface area contributed by atoms with Crippen molar-refractivity contribution in [1.29, 1.82) is 0 Å². The molecule has 114 valence electrons. The van der Waals surface area contributed by atoms with Gasteiger partial charge in [0.05, 0.1) is 16.6 Å². The topological polar surface area (TPSA) is 41.0 Å². The molecule has 1 aliphatic rings. The summed E-state index contributed by atoms with van der Waals surface area (Å²) in [5.74, 6) is 0. The van der Waals surface area contributed by atoms with Gasteiger partial charge in [0.2, 0.25) is 0 Å². The van der Waals surface area contributed by atoms with Gasteiger partial charge in [0, 0.05) is 6.04 Å². The van der Waals surface area contributed by atoms with Crippen LogP contribution in [0.2, 0.25) is 0 Å². The number of likely N-dealkylation sites (tertiary alicyclic amines) is 1. The summed E-state index contributed by atoms with van der Waals surface area (Å²) in [4.78, 5) is 16.8. The van der Waals surface area contributed by atoms with Crippen molar-refractivity contribution in [3.8, 4) is 0 Å². The van der Waals surface area contributed by atoms with Gasteiger partial charge in [-0.1, -0.05) is 6.07 Å². The maximum atomic E-state index is 13.2. The average Bonchev–Trinajstić information content (AvgIpc) is 2.74. The van der Waals surface area contributed by atoms with Gasteiger partial charge in [0.25, 0.3) is 0 Å². The molecule has 0 atom stereocenters. The molecule has 0 bridgehead atoms. The van der Waals surface area contributed by atoms with Crippen molar-refractivity contribution < 1.29 is 13.2 Å². The van der Waals surface area contributed by atoms with Gasteiger partial charge in [0.1, 0.15) is 0 Å². The summed E-state index contributed by atoms with van der Waals surface area (Å²) in [5, 5.41) is 0. The van der Waals surface area contributed by atoms with Gasteiger partial charge in [-0.25, -0.2) is 4.79 Å². The Bertz CT molecular complexity index is 708. The lowest BCUT2D eigenvalue weighted by atomic mass is 10.0. The van der Waals surface area contributed by atoms with E-state index in [0.717, 1.165) is 19.2 Å². The zero-order valence-electron chi connectivity index (χ0n) is 11.6. The number of hydrogen-bond donors (Lipinski definition) is 1. The number of halogens is 3. The smallest absolute Gasteiger partial charge is 0.306 e. The van der Waals surface area contributed by atoms with Crippen LogP contribution in [0.4, 0.5) is 13.2 Å². The molecule has 1 N–H and O–H groups in total. The van der Waals surface area contributed by atoms with Gasteiger partial charge in [-0.3, -0.25) is 4.57 Å². The third kappa shape index (κ3) is 2.46. The Morgan fingerprint density at radius 2 is 1.90 bits per heavy atom. The molecule has 4 nitrogen and oxygen atoms in total. The molecule has 1 aromatic carbocycles. The van der Waals surface area contributed by atoms with E-state index < -0.39 is 17.4 Å². The summed E-state index contributed by atoms with van der Waals surface area (Å²) in [5.41, 5.74) is -0.994. The summed E-state index contributed by atoms with van der Waals surface area (Å²) in [6.07, 6.45) is -3.12. The number of alkyl halides is 3. The van der Waals surface area contributed by atoms with Crippen molar-refractivity contribution in [1.82, 2.24) is 14.5 Å². The van der Waals surface area contributed by atoms with Gasteiger partial charge >= 0.3 is 11.9 Å². The second kappa shape index (κ2) is 4.91. The zero-order chi connectivity index (χ0) is 15.2. The first-order chi connectivity index (χ1) is 9.88. The monoisotopic (exact) mass is 299 g/mol. The molecule has 21 heavy (non-hydrogen) atoms. The van der Waals surface area contributed by atoms with Crippen LogP contribution >= 0.6 is 0 Å². The molecule has 1 fully saturated rings. The van der Waals surface area contributed by atoms with Crippen LogP contribution in [0.3, 0.4) is 0 Å². The number of imidazole rings is 1. The molecule has 2 aromatic rings. The number of aromatic amines is 1. The molecule has 1 saturated heterocycles. The zero-order valence-corrected chi connectivity index (χ0v) is 11.6. The predicted octanol–water partition coefficient (Wildman–Crippen LogP) is 2.62. The number of nitrogens with one attached hydrogen (secondary N) is 1. The third-order valence-corrected chi connectivity index (χ3v) is 4.10. The number of H-pyrrole nitrogens is 1. The lowest BCUT2D eigenvalue weighted by Gasteiger charge is -2.30. The maximum Gasteiger partial charge on any atom is 0.418 e. The number of aromatic nitrogens is 2. The SMILES string of the molecule is CN1CCC(n2c(=O)[nH]c3cccc(C(F)(F)F)c32)CC1. The normalized spacial score (nSPS) is 18.5. The standard InChI is InChI=1S/C14H16F3N3O/c1-19-7-5-9(6-8-19)20-12-10(14(15,16)17)3-2-4-11(12)18-13(20)21/h2-4,9H,5-8H2,1H3,(H,18,21). The lowest BCUT2D eigenvalue weighted by Crippen LogP contribution is -2.34. The van der Waals surface area contributed by atoms with Crippen molar-refractivity contribution in [2.75, 3.05) is 20.1 Å². The molecular weight excluding hydrogens is 283 g/mol. The van der Waals surface area contributed by atoms with Crippen molar-refractivity contribution in [3.05, 3.63) is 34.2 Å². The fourth-order valence-corrected chi connectivity index (χ4v) is 3.01. The average molecular weight is 299 g/mol. The number of nitrogens with zero attached hydrogens (tertiary/aromatic N) is 2. The third-order valence-electron chi connectivity index (χ3n) is 4.10.